The number of amidine groups is 1. The van der Waals surface area contributed by atoms with Crippen LogP contribution in [-0.4, -0.2) is 50.4 Å². The van der Waals surface area contributed by atoms with Crippen LogP contribution in [-0.2, 0) is 14.3 Å². The minimum absolute atomic E-state index is 0.0109. The number of rotatable bonds is 7. The van der Waals surface area contributed by atoms with Crippen LogP contribution in [0.25, 0.3) is 0 Å². The van der Waals surface area contributed by atoms with Crippen molar-refractivity contribution < 1.29 is 19.5 Å². The van der Waals surface area contributed by atoms with Crippen molar-refractivity contribution >= 4 is 11.7 Å². The van der Waals surface area contributed by atoms with Gasteiger partial charge in [-0.15, -0.1) is 0 Å². The molecule has 0 aliphatic heterocycles. The average Bonchev–Trinajstić information content (AvgIpc) is 2.92. The first kappa shape index (κ1) is 15.7. The standard InChI is InChI=1S/C12H23N3O4/c1-18-8-9(19-2)7-14-11(16)12(10(13)15-17)5-3-4-6-12/h9,17H,3-8H2,1-2H3,(H2,13,15)(H,14,16). The molecule has 7 heteroatoms. The summed E-state index contributed by atoms with van der Waals surface area (Å²) in [6.07, 6.45) is 2.80. The summed E-state index contributed by atoms with van der Waals surface area (Å²) in [5.74, 6) is -0.221. The number of nitrogens with two attached hydrogens (primary N) is 1. The van der Waals surface area contributed by atoms with Gasteiger partial charge >= 0.3 is 0 Å². The number of carbonyl (C=O) groups is 1. The molecule has 1 amide bonds. The van der Waals surface area contributed by atoms with E-state index in [4.69, 9.17) is 20.4 Å². The van der Waals surface area contributed by atoms with Crippen LogP contribution in [0.2, 0.25) is 0 Å². The van der Waals surface area contributed by atoms with Gasteiger partial charge in [0, 0.05) is 20.8 Å². The molecule has 0 radical (unpaired) electrons. The number of ether oxygens (including phenoxy) is 2. The minimum Gasteiger partial charge on any atom is -0.409 e. The molecule has 1 aliphatic carbocycles. The van der Waals surface area contributed by atoms with E-state index in [0.717, 1.165) is 12.8 Å². The Hall–Kier alpha value is -1.34. The van der Waals surface area contributed by atoms with Crippen molar-refractivity contribution in [3.63, 3.8) is 0 Å². The van der Waals surface area contributed by atoms with Crippen molar-refractivity contribution in [1.82, 2.24) is 5.32 Å². The molecule has 4 N–H and O–H groups in total. The first-order valence-electron chi connectivity index (χ1n) is 6.38. The number of carbonyl (C=O) groups excluding carboxylic acids is 1. The third-order valence-corrected chi connectivity index (χ3v) is 3.67. The molecule has 1 atom stereocenters. The van der Waals surface area contributed by atoms with Gasteiger partial charge in [-0.1, -0.05) is 18.0 Å². The fourth-order valence-electron chi connectivity index (χ4n) is 2.45. The lowest BCUT2D eigenvalue weighted by Gasteiger charge is -2.27. The largest absolute Gasteiger partial charge is 0.409 e. The zero-order valence-electron chi connectivity index (χ0n) is 11.5. The summed E-state index contributed by atoms with van der Waals surface area (Å²) in [7, 11) is 3.13. The van der Waals surface area contributed by atoms with Crippen LogP contribution < -0.4 is 11.1 Å². The summed E-state index contributed by atoms with van der Waals surface area (Å²) in [6.45, 7) is 0.733. The minimum atomic E-state index is -0.875. The molecule has 1 aliphatic rings. The van der Waals surface area contributed by atoms with Crippen LogP contribution in [0.4, 0.5) is 0 Å². The zero-order valence-corrected chi connectivity index (χ0v) is 11.5. The Morgan fingerprint density at radius 2 is 2.11 bits per heavy atom. The van der Waals surface area contributed by atoms with Crippen LogP contribution in [0.3, 0.4) is 0 Å². The molecule has 1 saturated carbocycles. The Bertz CT molecular complexity index is 327. The van der Waals surface area contributed by atoms with E-state index in [1.807, 2.05) is 0 Å². The Kier molecular flexibility index (Phi) is 6.04. The SMILES string of the molecule is COCC(CNC(=O)C1(C(N)=NO)CCCC1)OC. The van der Waals surface area contributed by atoms with Crippen LogP contribution in [0, 0.1) is 5.41 Å². The maximum absolute atomic E-state index is 12.3. The number of methoxy groups -OCH3 is 2. The highest BCUT2D eigenvalue weighted by molar-refractivity contribution is 6.07. The number of hydrogen-bond donors (Lipinski definition) is 3. The highest BCUT2D eigenvalue weighted by Gasteiger charge is 2.45. The summed E-state index contributed by atoms with van der Waals surface area (Å²) < 4.78 is 10.2. The molecule has 1 unspecified atom stereocenters. The number of hydrogen-bond acceptors (Lipinski definition) is 5. The first-order valence-corrected chi connectivity index (χ1v) is 6.38. The molecule has 7 nitrogen and oxygen atoms in total. The van der Waals surface area contributed by atoms with Gasteiger partial charge in [-0.05, 0) is 12.8 Å². The Morgan fingerprint density at radius 1 is 1.47 bits per heavy atom. The van der Waals surface area contributed by atoms with E-state index in [1.54, 1.807) is 14.2 Å². The second-order valence-electron chi connectivity index (χ2n) is 4.80. The fraction of sp³-hybridized carbons (Fsp3) is 0.833. The first-order chi connectivity index (χ1) is 9.10. The molecular weight excluding hydrogens is 250 g/mol. The maximum atomic E-state index is 12.3. The second-order valence-corrected chi connectivity index (χ2v) is 4.80. The number of amides is 1. The summed E-state index contributed by atoms with van der Waals surface area (Å²) in [5, 5.41) is 14.7. The topological polar surface area (TPSA) is 106 Å². The highest BCUT2D eigenvalue weighted by atomic mass is 16.5. The molecule has 0 bridgehead atoms. The van der Waals surface area contributed by atoms with Gasteiger partial charge in [0.1, 0.15) is 5.41 Å². The van der Waals surface area contributed by atoms with Gasteiger partial charge in [0.15, 0.2) is 5.84 Å². The van der Waals surface area contributed by atoms with Crippen molar-refractivity contribution in [2.75, 3.05) is 27.4 Å². The van der Waals surface area contributed by atoms with E-state index in [0.29, 0.717) is 26.0 Å². The zero-order chi connectivity index (χ0) is 14.3. The van der Waals surface area contributed by atoms with Gasteiger partial charge < -0.3 is 25.7 Å². The molecular formula is C12H23N3O4. The number of oxime groups is 1. The van der Waals surface area contributed by atoms with E-state index >= 15 is 0 Å². The molecule has 0 spiro atoms. The second kappa shape index (κ2) is 7.30. The third-order valence-electron chi connectivity index (χ3n) is 3.67. The van der Waals surface area contributed by atoms with Gasteiger partial charge in [-0.3, -0.25) is 4.79 Å². The smallest absolute Gasteiger partial charge is 0.234 e. The van der Waals surface area contributed by atoms with Gasteiger partial charge in [0.2, 0.25) is 5.91 Å². The van der Waals surface area contributed by atoms with Crippen molar-refractivity contribution in [2.24, 2.45) is 16.3 Å². The summed E-state index contributed by atoms with van der Waals surface area (Å²) in [5.41, 5.74) is 4.82. The highest BCUT2D eigenvalue weighted by Crippen LogP contribution is 2.38. The molecule has 110 valence electrons. The van der Waals surface area contributed by atoms with Gasteiger partial charge in [-0.25, -0.2) is 0 Å². The van der Waals surface area contributed by atoms with Crippen LogP contribution in [0.15, 0.2) is 5.16 Å². The van der Waals surface area contributed by atoms with E-state index in [9.17, 15) is 4.79 Å². The normalized spacial score (nSPS) is 20.2. The number of nitrogens with zero attached hydrogens (tertiary/aromatic N) is 1. The predicted molar refractivity (Wildman–Crippen MR) is 70.0 cm³/mol. The lowest BCUT2D eigenvalue weighted by Crippen LogP contribution is -2.50. The molecule has 0 aromatic heterocycles. The molecule has 0 saturated heterocycles. The molecule has 1 fully saturated rings. The third kappa shape index (κ3) is 3.57. The van der Waals surface area contributed by atoms with Crippen molar-refractivity contribution in [3.8, 4) is 0 Å². The average molecular weight is 273 g/mol. The lowest BCUT2D eigenvalue weighted by atomic mass is 9.84. The summed E-state index contributed by atoms with van der Waals surface area (Å²) >= 11 is 0. The molecule has 19 heavy (non-hydrogen) atoms. The van der Waals surface area contributed by atoms with Gasteiger partial charge in [-0.2, -0.15) is 0 Å². The van der Waals surface area contributed by atoms with Gasteiger partial charge in [0.05, 0.1) is 12.7 Å². The number of nitrogens with one attached hydrogen (secondary N) is 1. The van der Waals surface area contributed by atoms with Crippen LogP contribution in [0.5, 0.6) is 0 Å². The lowest BCUT2D eigenvalue weighted by molar-refractivity contribution is -0.128. The van der Waals surface area contributed by atoms with Crippen LogP contribution >= 0.6 is 0 Å². The van der Waals surface area contributed by atoms with E-state index in [2.05, 4.69) is 10.5 Å². The molecule has 0 aromatic rings. The van der Waals surface area contributed by atoms with Gasteiger partial charge in [0.25, 0.3) is 0 Å². The fourth-order valence-corrected chi connectivity index (χ4v) is 2.45. The Morgan fingerprint density at radius 3 is 2.58 bits per heavy atom. The van der Waals surface area contributed by atoms with E-state index < -0.39 is 5.41 Å². The molecule has 0 heterocycles. The van der Waals surface area contributed by atoms with Crippen LogP contribution in [0.1, 0.15) is 25.7 Å². The quantitative estimate of drug-likeness (QED) is 0.263. The predicted octanol–water partition coefficient (Wildman–Crippen LogP) is 0.0708. The molecule has 1 rings (SSSR count). The monoisotopic (exact) mass is 273 g/mol. The summed E-state index contributed by atoms with van der Waals surface area (Å²) in [6, 6.07) is 0. The van der Waals surface area contributed by atoms with Crippen molar-refractivity contribution in [3.05, 3.63) is 0 Å². The van der Waals surface area contributed by atoms with Crippen molar-refractivity contribution in [2.45, 2.75) is 31.8 Å². The maximum Gasteiger partial charge on any atom is 0.234 e. The van der Waals surface area contributed by atoms with Crippen molar-refractivity contribution in [1.29, 1.82) is 0 Å². The summed E-state index contributed by atoms with van der Waals surface area (Å²) in [4.78, 5) is 12.3. The van der Waals surface area contributed by atoms with E-state index in [1.165, 1.54) is 0 Å². The van der Waals surface area contributed by atoms with E-state index in [-0.39, 0.29) is 17.8 Å². The Balaban J connectivity index is 2.64. The Labute approximate surface area is 113 Å². The molecule has 0 aromatic carbocycles.